The van der Waals surface area contributed by atoms with Crippen LogP contribution in [0.5, 0.6) is 0 Å². The molecule has 110 valence electrons. The maximum atomic E-state index is 11.8. The zero-order valence-electron chi connectivity index (χ0n) is 12.3. The average molecular weight is 284 g/mol. The molecule has 0 radical (unpaired) electrons. The van der Waals surface area contributed by atoms with E-state index in [-0.39, 0.29) is 0 Å². The van der Waals surface area contributed by atoms with Crippen molar-refractivity contribution in [3.63, 3.8) is 0 Å². The van der Waals surface area contributed by atoms with Crippen molar-refractivity contribution >= 4 is 17.3 Å². The second-order valence-electron chi connectivity index (χ2n) is 4.78. The van der Waals surface area contributed by atoms with E-state index in [1.54, 1.807) is 18.2 Å². The molecule has 0 unspecified atom stereocenters. The van der Waals surface area contributed by atoms with Gasteiger partial charge in [-0.1, -0.05) is 37.3 Å². The van der Waals surface area contributed by atoms with Crippen LogP contribution in [-0.2, 0) is 17.7 Å². The highest BCUT2D eigenvalue weighted by atomic mass is 16.5. The van der Waals surface area contributed by atoms with Gasteiger partial charge < -0.3 is 15.8 Å². The van der Waals surface area contributed by atoms with Crippen LogP contribution in [0.1, 0.15) is 28.4 Å². The van der Waals surface area contributed by atoms with Crippen molar-refractivity contribution in [3.05, 3.63) is 59.2 Å². The Kier molecular flexibility index (Phi) is 4.82. The second kappa shape index (κ2) is 6.79. The summed E-state index contributed by atoms with van der Waals surface area (Å²) in [5.41, 5.74) is 9.98. The fourth-order valence-electron chi connectivity index (χ4n) is 2.13. The van der Waals surface area contributed by atoms with Crippen LogP contribution in [0, 0.1) is 0 Å². The molecular formula is C17H20N2O2. The zero-order chi connectivity index (χ0) is 15.2. The van der Waals surface area contributed by atoms with Gasteiger partial charge in [0.25, 0.3) is 0 Å². The number of ether oxygens (including phenoxy) is 1. The first kappa shape index (κ1) is 14.9. The summed E-state index contributed by atoms with van der Waals surface area (Å²) in [4.78, 5) is 11.8. The Balaban J connectivity index is 2.17. The van der Waals surface area contributed by atoms with Gasteiger partial charge >= 0.3 is 5.97 Å². The number of carbonyl (C=O) groups is 1. The van der Waals surface area contributed by atoms with E-state index in [0.717, 1.165) is 12.0 Å². The molecule has 0 atom stereocenters. The number of nitrogen functional groups attached to an aromatic ring is 1. The lowest BCUT2D eigenvalue weighted by Crippen LogP contribution is -2.10. The second-order valence-corrected chi connectivity index (χ2v) is 4.78. The van der Waals surface area contributed by atoms with Gasteiger partial charge in [-0.05, 0) is 29.7 Å². The summed E-state index contributed by atoms with van der Waals surface area (Å²) in [5, 5.41) is 3.22. The van der Waals surface area contributed by atoms with Crippen LogP contribution in [0.3, 0.4) is 0 Å². The molecular weight excluding hydrogens is 264 g/mol. The highest BCUT2D eigenvalue weighted by Crippen LogP contribution is 2.24. The number of anilines is 2. The van der Waals surface area contributed by atoms with Crippen molar-refractivity contribution < 1.29 is 9.53 Å². The molecule has 4 heteroatoms. The summed E-state index contributed by atoms with van der Waals surface area (Å²) >= 11 is 0. The molecule has 0 fully saturated rings. The molecule has 0 spiro atoms. The predicted molar refractivity (Wildman–Crippen MR) is 85.3 cm³/mol. The SMILES string of the molecule is CCc1ccc(CNc2c(N)cccc2C(=O)OC)cc1. The number of methoxy groups -OCH3 is 1. The lowest BCUT2D eigenvalue weighted by molar-refractivity contribution is 0.0602. The van der Waals surface area contributed by atoms with E-state index in [1.807, 2.05) is 0 Å². The molecule has 0 heterocycles. The molecule has 0 aromatic heterocycles. The predicted octanol–water partition coefficient (Wildman–Crippen LogP) is 3.23. The Morgan fingerprint density at radius 1 is 1.14 bits per heavy atom. The first-order valence-electron chi connectivity index (χ1n) is 6.94. The molecule has 4 nitrogen and oxygen atoms in total. The molecule has 0 saturated heterocycles. The molecule has 0 aliphatic carbocycles. The monoisotopic (exact) mass is 284 g/mol. The van der Waals surface area contributed by atoms with Gasteiger partial charge in [0.2, 0.25) is 0 Å². The largest absolute Gasteiger partial charge is 0.465 e. The van der Waals surface area contributed by atoms with Gasteiger partial charge in [-0.25, -0.2) is 4.79 Å². The van der Waals surface area contributed by atoms with E-state index >= 15 is 0 Å². The minimum atomic E-state index is -0.397. The molecule has 2 aromatic rings. The summed E-state index contributed by atoms with van der Waals surface area (Å²) in [6, 6.07) is 13.5. The number of esters is 1. The van der Waals surface area contributed by atoms with Crippen LogP contribution in [0.25, 0.3) is 0 Å². The number of hydrogen-bond acceptors (Lipinski definition) is 4. The van der Waals surface area contributed by atoms with Gasteiger partial charge in [-0.2, -0.15) is 0 Å². The van der Waals surface area contributed by atoms with E-state index in [2.05, 4.69) is 36.5 Å². The third-order valence-electron chi connectivity index (χ3n) is 3.40. The quantitative estimate of drug-likeness (QED) is 0.653. The first-order chi connectivity index (χ1) is 10.2. The average Bonchev–Trinajstić information content (AvgIpc) is 2.53. The van der Waals surface area contributed by atoms with Crippen LogP contribution in [0.4, 0.5) is 11.4 Å². The summed E-state index contributed by atoms with van der Waals surface area (Å²) in [7, 11) is 1.36. The number of nitrogens with one attached hydrogen (secondary N) is 1. The number of carbonyl (C=O) groups excluding carboxylic acids is 1. The van der Waals surface area contributed by atoms with E-state index in [1.165, 1.54) is 12.7 Å². The highest BCUT2D eigenvalue weighted by molar-refractivity contribution is 5.98. The third-order valence-corrected chi connectivity index (χ3v) is 3.40. The number of rotatable bonds is 5. The molecule has 0 aliphatic rings. The normalized spacial score (nSPS) is 10.2. The van der Waals surface area contributed by atoms with Crippen molar-refractivity contribution in [2.75, 3.05) is 18.2 Å². The number of benzene rings is 2. The van der Waals surface area contributed by atoms with E-state index < -0.39 is 5.97 Å². The zero-order valence-corrected chi connectivity index (χ0v) is 12.3. The van der Waals surface area contributed by atoms with Crippen molar-refractivity contribution in [1.29, 1.82) is 0 Å². The van der Waals surface area contributed by atoms with Gasteiger partial charge in [-0.3, -0.25) is 0 Å². The lowest BCUT2D eigenvalue weighted by Gasteiger charge is -2.13. The Morgan fingerprint density at radius 3 is 2.43 bits per heavy atom. The molecule has 3 N–H and O–H groups in total. The lowest BCUT2D eigenvalue weighted by atomic mass is 10.1. The van der Waals surface area contributed by atoms with Gasteiger partial charge in [0.05, 0.1) is 24.0 Å². The fourth-order valence-corrected chi connectivity index (χ4v) is 2.13. The summed E-state index contributed by atoms with van der Waals surface area (Å²) < 4.78 is 4.78. The molecule has 0 amide bonds. The molecule has 0 saturated carbocycles. The fraction of sp³-hybridized carbons (Fsp3) is 0.235. The maximum Gasteiger partial charge on any atom is 0.340 e. The van der Waals surface area contributed by atoms with Gasteiger partial charge in [0.1, 0.15) is 0 Å². The molecule has 0 aliphatic heterocycles. The third kappa shape index (κ3) is 3.54. The highest BCUT2D eigenvalue weighted by Gasteiger charge is 2.13. The molecule has 0 bridgehead atoms. The standard InChI is InChI=1S/C17H20N2O2/c1-3-12-7-9-13(10-8-12)11-19-16-14(17(20)21-2)5-4-6-15(16)18/h4-10,19H,3,11,18H2,1-2H3. The number of para-hydroxylation sites is 1. The van der Waals surface area contributed by atoms with Gasteiger partial charge in [0.15, 0.2) is 0 Å². The molecule has 2 aromatic carbocycles. The van der Waals surface area contributed by atoms with E-state index in [9.17, 15) is 4.79 Å². The molecule has 2 rings (SSSR count). The maximum absolute atomic E-state index is 11.8. The minimum Gasteiger partial charge on any atom is -0.465 e. The topological polar surface area (TPSA) is 64.3 Å². The number of nitrogens with two attached hydrogens (primary N) is 1. The van der Waals surface area contributed by atoms with Crippen LogP contribution in [0.2, 0.25) is 0 Å². The minimum absolute atomic E-state index is 0.397. The van der Waals surface area contributed by atoms with Crippen molar-refractivity contribution in [2.45, 2.75) is 19.9 Å². The Hall–Kier alpha value is -2.49. The first-order valence-corrected chi connectivity index (χ1v) is 6.94. The Morgan fingerprint density at radius 2 is 1.81 bits per heavy atom. The van der Waals surface area contributed by atoms with Gasteiger partial charge in [-0.15, -0.1) is 0 Å². The number of aryl methyl sites for hydroxylation is 1. The van der Waals surface area contributed by atoms with Gasteiger partial charge in [0, 0.05) is 6.54 Å². The summed E-state index contributed by atoms with van der Waals surface area (Å²) in [5.74, 6) is -0.397. The van der Waals surface area contributed by atoms with Crippen molar-refractivity contribution in [1.82, 2.24) is 0 Å². The Bertz CT molecular complexity index is 621. The number of hydrogen-bond donors (Lipinski definition) is 2. The van der Waals surface area contributed by atoms with Crippen LogP contribution in [-0.4, -0.2) is 13.1 Å². The summed E-state index contributed by atoms with van der Waals surface area (Å²) in [6.07, 6.45) is 1.02. The van der Waals surface area contributed by atoms with Crippen molar-refractivity contribution in [2.24, 2.45) is 0 Å². The van der Waals surface area contributed by atoms with Crippen LogP contribution >= 0.6 is 0 Å². The van der Waals surface area contributed by atoms with Crippen molar-refractivity contribution in [3.8, 4) is 0 Å². The summed E-state index contributed by atoms with van der Waals surface area (Å²) in [6.45, 7) is 2.72. The van der Waals surface area contributed by atoms with Crippen LogP contribution in [0.15, 0.2) is 42.5 Å². The van der Waals surface area contributed by atoms with E-state index in [4.69, 9.17) is 10.5 Å². The Labute approximate surface area is 124 Å². The smallest absolute Gasteiger partial charge is 0.340 e. The van der Waals surface area contributed by atoms with Crippen LogP contribution < -0.4 is 11.1 Å². The van der Waals surface area contributed by atoms with E-state index in [0.29, 0.717) is 23.5 Å². The molecule has 21 heavy (non-hydrogen) atoms.